The van der Waals surface area contributed by atoms with Crippen LogP contribution in [0.5, 0.6) is 11.5 Å². The number of carbonyl (C=O) groups is 4. The average molecular weight is 447 g/mol. The molecular weight excluding hydrogens is 428 g/mol. The highest BCUT2D eigenvalue weighted by Gasteiger charge is 2.33. The summed E-state index contributed by atoms with van der Waals surface area (Å²) < 4.78 is 10.6. The van der Waals surface area contributed by atoms with Gasteiger partial charge in [0.25, 0.3) is 0 Å². The molecule has 1 saturated carbocycles. The number of hydrogen-bond donors (Lipinski definition) is 2. The number of benzene rings is 2. The van der Waals surface area contributed by atoms with Crippen LogP contribution in [0.2, 0.25) is 5.02 Å². The molecule has 0 spiro atoms. The molecule has 0 saturated heterocycles. The van der Waals surface area contributed by atoms with Crippen molar-refractivity contribution >= 4 is 35.5 Å². The maximum Gasteiger partial charge on any atom is 0.335 e. The van der Waals surface area contributed by atoms with E-state index in [2.05, 4.69) is 0 Å². The van der Waals surface area contributed by atoms with Crippen LogP contribution in [-0.2, 0) is 9.59 Å². The number of ether oxygens (including phenoxy) is 2. The molecule has 4 bridgehead atoms. The van der Waals surface area contributed by atoms with Crippen molar-refractivity contribution in [3.63, 3.8) is 0 Å². The van der Waals surface area contributed by atoms with Crippen LogP contribution >= 0.6 is 11.6 Å². The van der Waals surface area contributed by atoms with Gasteiger partial charge in [0.15, 0.2) is 0 Å². The minimum absolute atomic E-state index is 0.0186. The molecule has 162 valence electrons. The number of carboxylic acids is 2. The van der Waals surface area contributed by atoms with Crippen LogP contribution < -0.4 is 9.47 Å². The van der Waals surface area contributed by atoms with Gasteiger partial charge in [0.05, 0.1) is 28.0 Å². The molecule has 0 atom stereocenters. The SMILES string of the molecule is O=C(O)c1cccc(C(=O)O)c1.O=C1Oc2ccc(c(Cl)c2)OC(=O)C2CCC1CC2. The highest BCUT2D eigenvalue weighted by atomic mass is 35.5. The van der Waals surface area contributed by atoms with Gasteiger partial charge in [-0.2, -0.15) is 0 Å². The third-order valence-electron chi connectivity index (χ3n) is 5.08. The van der Waals surface area contributed by atoms with Crippen LogP contribution in [0.15, 0.2) is 42.5 Å². The number of aromatic carboxylic acids is 2. The van der Waals surface area contributed by atoms with Gasteiger partial charge in [0.1, 0.15) is 11.5 Å². The Morgan fingerprint density at radius 3 is 1.81 bits per heavy atom. The van der Waals surface area contributed by atoms with Gasteiger partial charge in [-0.15, -0.1) is 0 Å². The van der Waals surface area contributed by atoms with Gasteiger partial charge in [-0.25, -0.2) is 9.59 Å². The first-order chi connectivity index (χ1) is 14.7. The Hall–Kier alpha value is -3.39. The van der Waals surface area contributed by atoms with E-state index in [0.29, 0.717) is 37.2 Å². The van der Waals surface area contributed by atoms with Gasteiger partial charge >= 0.3 is 23.9 Å². The zero-order valence-corrected chi connectivity index (χ0v) is 17.0. The zero-order chi connectivity index (χ0) is 22.5. The highest BCUT2D eigenvalue weighted by molar-refractivity contribution is 6.32. The van der Waals surface area contributed by atoms with Gasteiger partial charge in [-0.1, -0.05) is 17.7 Å². The van der Waals surface area contributed by atoms with Crippen molar-refractivity contribution in [1.29, 1.82) is 0 Å². The monoisotopic (exact) mass is 446 g/mol. The molecule has 0 amide bonds. The number of carbonyl (C=O) groups excluding carboxylic acids is 2. The van der Waals surface area contributed by atoms with E-state index in [1.165, 1.54) is 24.3 Å². The summed E-state index contributed by atoms with van der Waals surface area (Å²) >= 11 is 6.01. The van der Waals surface area contributed by atoms with Gasteiger partial charge in [-0.3, -0.25) is 9.59 Å². The summed E-state index contributed by atoms with van der Waals surface area (Å²) in [6, 6.07) is 9.83. The second kappa shape index (κ2) is 9.61. The summed E-state index contributed by atoms with van der Waals surface area (Å²) in [6.45, 7) is 0. The number of esters is 2. The lowest BCUT2D eigenvalue weighted by Crippen LogP contribution is -2.31. The molecular formula is C22H19ClO8. The van der Waals surface area contributed by atoms with Crippen LogP contribution in [-0.4, -0.2) is 34.1 Å². The Bertz CT molecular complexity index is 995. The van der Waals surface area contributed by atoms with Gasteiger partial charge in [0.2, 0.25) is 0 Å². The van der Waals surface area contributed by atoms with Crippen molar-refractivity contribution < 1.29 is 38.9 Å². The Morgan fingerprint density at radius 2 is 1.32 bits per heavy atom. The summed E-state index contributed by atoms with van der Waals surface area (Å²) in [5.41, 5.74) is -0.0372. The lowest BCUT2D eigenvalue weighted by atomic mass is 9.82. The van der Waals surface area contributed by atoms with Crippen molar-refractivity contribution in [2.24, 2.45) is 11.8 Å². The molecule has 2 N–H and O–H groups in total. The average Bonchev–Trinajstić information content (AvgIpc) is 2.75. The molecule has 31 heavy (non-hydrogen) atoms. The fraction of sp³-hybridized carbons (Fsp3) is 0.273. The standard InChI is InChI=1S/C14H13ClO4.C8H6O4/c15-11-7-10-5-6-12(11)19-14(17)9-3-1-8(2-4-9)13(16)18-10;9-7(10)5-2-1-3-6(4-5)8(11)12/h5-9H,1-4H2;1-4H,(H,9,10)(H,11,12). The highest BCUT2D eigenvalue weighted by Crippen LogP contribution is 2.35. The molecule has 1 aliphatic carbocycles. The molecule has 8 nitrogen and oxygen atoms in total. The number of halogens is 1. The Labute approximate surface area is 182 Å². The lowest BCUT2D eigenvalue weighted by molar-refractivity contribution is -0.145. The predicted molar refractivity (Wildman–Crippen MR) is 109 cm³/mol. The first-order valence-corrected chi connectivity index (χ1v) is 9.92. The minimum Gasteiger partial charge on any atom is -0.478 e. The van der Waals surface area contributed by atoms with Crippen molar-refractivity contribution in [2.45, 2.75) is 25.7 Å². The third-order valence-corrected chi connectivity index (χ3v) is 5.38. The molecule has 9 heteroatoms. The van der Waals surface area contributed by atoms with Crippen molar-refractivity contribution in [3.05, 3.63) is 58.6 Å². The first kappa shape index (κ1) is 22.3. The van der Waals surface area contributed by atoms with Crippen LogP contribution in [0.1, 0.15) is 46.4 Å². The van der Waals surface area contributed by atoms with Gasteiger partial charge < -0.3 is 19.7 Å². The van der Waals surface area contributed by atoms with Gasteiger partial charge in [-0.05, 0) is 56.0 Å². The smallest absolute Gasteiger partial charge is 0.335 e. The van der Waals surface area contributed by atoms with E-state index in [9.17, 15) is 19.2 Å². The first-order valence-electron chi connectivity index (χ1n) is 9.54. The third kappa shape index (κ3) is 5.61. The van der Waals surface area contributed by atoms with Crippen LogP contribution in [0.4, 0.5) is 0 Å². The molecule has 2 aromatic carbocycles. The molecule has 1 fully saturated rings. The van der Waals surface area contributed by atoms with Crippen LogP contribution in [0.3, 0.4) is 0 Å². The summed E-state index contributed by atoms with van der Waals surface area (Å²) in [4.78, 5) is 44.8. The van der Waals surface area contributed by atoms with Crippen LogP contribution in [0.25, 0.3) is 0 Å². The van der Waals surface area contributed by atoms with E-state index < -0.39 is 11.9 Å². The minimum atomic E-state index is -1.13. The number of hydrogen-bond acceptors (Lipinski definition) is 6. The summed E-state index contributed by atoms with van der Waals surface area (Å²) in [5.74, 6) is -2.35. The molecule has 4 aliphatic heterocycles. The second-order valence-corrected chi connectivity index (χ2v) is 7.58. The number of carboxylic acid groups (broad SMARTS) is 2. The predicted octanol–water partition coefficient (Wildman–Crippen LogP) is 4.05. The molecule has 7 rings (SSSR count). The number of rotatable bonds is 2. The van der Waals surface area contributed by atoms with E-state index in [0.717, 1.165) is 6.07 Å². The van der Waals surface area contributed by atoms with Gasteiger partial charge in [0, 0.05) is 6.07 Å². The molecule has 0 radical (unpaired) electrons. The van der Waals surface area contributed by atoms with E-state index in [1.54, 1.807) is 12.1 Å². The normalized spacial score (nSPS) is 19.8. The lowest BCUT2D eigenvalue weighted by Gasteiger charge is -2.26. The quantitative estimate of drug-likeness (QED) is 0.522. The maximum absolute atomic E-state index is 12.0. The molecule has 0 aromatic heterocycles. The fourth-order valence-electron chi connectivity index (χ4n) is 3.37. The summed E-state index contributed by atoms with van der Waals surface area (Å²) in [5, 5.41) is 17.3. The van der Waals surface area contributed by atoms with Crippen LogP contribution in [0, 0.1) is 11.8 Å². The van der Waals surface area contributed by atoms with Crippen molar-refractivity contribution in [2.75, 3.05) is 0 Å². The van der Waals surface area contributed by atoms with E-state index >= 15 is 0 Å². The van der Waals surface area contributed by atoms with E-state index in [4.69, 9.17) is 31.3 Å². The van der Waals surface area contributed by atoms with Crippen molar-refractivity contribution in [3.8, 4) is 11.5 Å². The molecule has 5 aliphatic rings. The maximum atomic E-state index is 12.0. The second-order valence-electron chi connectivity index (χ2n) is 7.17. The Kier molecular flexibility index (Phi) is 6.91. The Morgan fingerprint density at radius 1 is 0.806 bits per heavy atom. The molecule has 4 heterocycles. The fourth-order valence-corrected chi connectivity index (χ4v) is 3.58. The van der Waals surface area contributed by atoms with E-state index in [1.807, 2.05) is 0 Å². The zero-order valence-electron chi connectivity index (χ0n) is 16.2. The summed E-state index contributed by atoms with van der Waals surface area (Å²) in [6.07, 6.45) is 2.66. The summed E-state index contributed by atoms with van der Waals surface area (Å²) in [7, 11) is 0. The molecule has 2 aromatic rings. The largest absolute Gasteiger partial charge is 0.478 e. The van der Waals surface area contributed by atoms with E-state index in [-0.39, 0.29) is 39.9 Å². The topological polar surface area (TPSA) is 127 Å². The molecule has 0 unspecified atom stereocenters. The van der Waals surface area contributed by atoms with Crippen molar-refractivity contribution in [1.82, 2.24) is 0 Å². The Balaban J connectivity index is 0.000000196.